The van der Waals surface area contributed by atoms with Gasteiger partial charge in [-0.25, -0.2) is 0 Å². The van der Waals surface area contributed by atoms with Crippen LogP contribution in [0.1, 0.15) is 24.1 Å². The van der Waals surface area contributed by atoms with Crippen molar-refractivity contribution in [2.75, 3.05) is 20.2 Å². The van der Waals surface area contributed by atoms with Crippen LogP contribution in [0.3, 0.4) is 0 Å². The van der Waals surface area contributed by atoms with Gasteiger partial charge in [-0.2, -0.15) is 0 Å². The first-order valence-corrected chi connectivity index (χ1v) is 8.68. The first-order chi connectivity index (χ1) is 11.7. The Kier molecular flexibility index (Phi) is 4.02. The number of likely N-dealkylation sites (tertiary alicyclic amines) is 1. The summed E-state index contributed by atoms with van der Waals surface area (Å²) in [6, 6.07) is 14.1. The van der Waals surface area contributed by atoms with Gasteiger partial charge >= 0.3 is 0 Å². The van der Waals surface area contributed by atoms with Gasteiger partial charge < -0.3 is 9.84 Å². The molecule has 1 aliphatic heterocycles. The normalized spacial score (nSPS) is 29.6. The van der Waals surface area contributed by atoms with E-state index >= 15 is 0 Å². The molecule has 1 aromatic carbocycles. The van der Waals surface area contributed by atoms with E-state index in [4.69, 9.17) is 4.74 Å². The second-order valence-electron chi connectivity index (χ2n) is 7.09. The standard InChI is InChI=1S/C20H24N2O2/c1-24-17-7-5-15(6-8-17)12-22-13-16-9-10-20(23,18(16)14-22)19-4-2-3-11-21-19/h2-8,11,16,18,23H,9-10,12-14H2,1H3. The van der Waals surface area contributed by atoms with Gasteiger partial charge in [-0.15, -0.1) is 0 Å². The summed E-state index contributed by atoms with van der Waals surface area (Å²) < 4.78 is 5.22. The van der Waals surface area contributed by atoms with Gasteiger partial charge in [0.2, 0.25) is 0 Å². The number of aliphatic hydroxyl groups is 1. The van der Waals surface area contributed by atoms with Gasteiger partial charge in [0.1, 0.15) is 11.4 Å². The fourth-order valence-electron chi connectivity index (χ4n) is 4.44. The maximum absolute atomic E-state index is 11.3. The van der Waals surface area contributed by atoms with Crippen molar-refractivity contribution in [3.05, 3.63) is 59.9 Å². The van der Waals surface area contributed by atoms with Crippen molar-refractivity contribution in [2.45, 2.75) is 25.0 Å². The van der Waals surface area contributed by atoms with Crippen molar-refractivity contribution in [3.8, 4) is 5.75 Å². The molecule has 4 nitrogen and oxygen atoms in total. The largest absolute Gasteiger partial charge is 0.497 e. The maximum atomic E-state index is 11.3. The Morgan fingerprint density at radius 2 is 2.04 bits per heavy atom. The van der Waals surface area contributed by atoms with Gasteiger partial charge in [-0.3, -0.25) is 9.88 Å². The zero-order valence-corrected chi connectivity index (χ0v) is 14.1. The second kappa shape index (κ2) is 6.19. The van der Waals surface area contributed by atoms with E-state index in [0.29, 0.717) is 5.92 Å². The van der Waals surface area contributed by atoms with Crippen LogP contribution in [-0.4, -0.2) is 35.2 Å². The molecule has 3 unspecified atom stereocenters. The lowest BCUT2D eigenvalue weighted by Crippen LogP contribution is -2.35. The van der Waals surface area contributed by atoms with Crippen molar-refractivity contribution in [2.24, 2.45) is 11.8 Å². The molecular weight excluding hydrogens is 300 g/mol. The van der Waals surface area contributed by atoms with Crippen LogP contribution in [0.2, 0.25) is 0 Å². The van der Waals surface area contributed by atoms with Crippen molar-refractivity contribution in [1.29, 1.82) is 0 Å². The molecule has 0 spiro atoms. The number of rotatable bonds is 4. The Hall–Kier alpha value is -1.91. The quantitative estimate of drug-likeness (QED) is 0.939. The molecule has 2 aromatic rings. The molecule has 0 radical (unpaired) electrons. The monoisotopic (exact) mass is 324 g/mol. The summed E-state index contributed by atoms with van der Waals surface area (Å²) >= 11 is 0. The Balaban J connectivity index is 1.47. The van der Waals surface area contributed by atoms with E-state index in [2.05, 4.69) is 22.0 Å². The van der Waals surface area contributed by atoms with Crippen molar-refractivity contribution < 1.29 is 9.84 Å². The van der Waals surface area contributed by atoms with Crippen LogP contribution >= 0.6 is 0 Å². The van der Waals surface area contributed by atoms with Gasteiger partial charge in [0.05, 0.1) is 12.8 Å². The van der Waals surface area contributed by atoms with Gasteiger partial charge in [0.25, 0.3) is 0 Å². The zero-order valence-electron chi connectivity index (χ0n) is 14.1. The van der Waals surface area contributed by atoms with E-state index < -0.39 is 5.60 Å². The van der Waals surface area contributed by atoms with E-state index in [0.717, 1.165) is 43.9 Å². The third-order valence-corrected chi connectivity index (χ3v) is 5.70. The van der Waals surface area contributed by atoms with Crippen LogP contribution < -0.4 is 4.74 Å². The molecule has 1 saturated heterocycles. The summed E-state index contributed by atoms with van der Waals surface area (Å²) in [5.74, 6) is 1.74. The first kappa shape index (κ1) is 15.6. The molecule has 2 fully saturated rings. The molecular formula is C20H24N2O2. The maximum Gasteiger partial charge on any atom is 0.118 e. The van der Waals surface area contributed by atoms with Gasteiger partial charge in [0, 0.05) is 31.7 Å². The van der Waals surface area contributed by atoms with Crippen LogP contribution in [0, 0.1) is 11.8 Å². The third-order valence-electron chi connectivity index (χ3n) is 5.70. The number of hydrogen-bond donors (Lipinski definition) is 1. The fourth-order valence-corrected chi connectivity index (χ4v) is 4.44. The van der Waals surface area contributed by atoms with E-state index in [1.807, 2.05) is 30.3 Å². The Labute approximate surface area is 143 Å². The van der Waals surface area contributed by atoms with Crippen molar-refractivity contribution in [1.82, 2.24) is 9.88 Å². The minimum atomic E-state index is -0.763. The molecule has 4 rings (SSSR count). The lowest BCUT2D eigenvalue weighted by molar-refractivity contribution is -0.0108. The molecule has 24 heavy (non-hydrogen) atoms. The molecule has 126 valence electrons. The smallest absolute Gasteiger partial charge is 0.118 e. The molecule has 1 aromatic heterocycles. The SMILES string of the molecule is COc1ccc(CN2CC3CCC(O)(c4ccccn4)C3C2)cc1. The lowest BCUT2D eigenvalue weighted by atomic mass is 9.85. The molecule has 0 amide bonds. The Bertz CT molecular complexity index is 689. The molecule has 3 atom stereocenters. The number of fused-ring (bicyclic) bond motifs is 1. The summed E-state index contributed by atoms with van der Waals surface area (Å²) in [5, 5.41) is 11.3. The van der Waals surface area contributed by atoms with Crippen LogP contribution in [0.5, 0.6) is 5.75 Å². The summed E-state index contributed by atoms with van der Waals surface area (Å²) in [6.07, 6.45) is 3.69. The van der Waals surface area contributed by atoms with Crippen LogP contribution in [0.15, 0.2) is 48.7 Å². The van der Waals surface area contributed by atoms with Crippen LogP contribution in [0.25, 0.3) is 0 Å². The number of ether oxygens (including phenoxy) is 1. The number of benzene rings is 1. The van der Waals surface area contributed by atoms with Gasteiger partial charge in [0.15, 0.2) is 0 Å². The van der Waals surface area contributed by atoms with Crippen LogP contribution in [-0.2, 0) is 12.1 Å². The second-order valence-corrected chi connectivity index (χ2v) is 7.09. The topological polar surface area (TPSA) is 45.6 Å². The van der Waals surface area contributed by atoms with Gasteiger partial charge in [-0.1, -0.05) is 18.2 Å². The summed E-state index contributed by atoms with van der Waals surface area (Å²) in [6.45, 7) is 2.92. The highest BCUT2D eigenvalue weighted by molar-refractivity contribution is 5.27. The average molecular weight is 324 g/mol. The van der Waals surface area contributed by atoms with E-state index in [1.54, 1.807) is 13.3 Å². The molecule has 1 aliphatic carbocycles. The highest BCUT2D eigenvalue weighted by Crippen LogP contribution is 2.50. The van der Waals surface area contributed by atoms with E-state index in [-0.39, 0.29) is 5.92 Å². The average Bonchev–Trinajstić information content (AvgIpc) is 3.17. The molecule has 1 N–H and O–H groups in total. The fraction of sp³-hybridized carbons (Fsp3) is 0.450. The molecule has 0 bridgehead atoms. The highest BCUT2D eigenvalue weighted by atomic mass is 16.5. The van der Waals surface area contributed by atoms with Crippen LogP contribution in [0.4, 0.5) is 0 Å². The van der Waals surface area contributed by atoms with Crippen molar-refractivity contribution in [3.63, 3.8) is 0 Å². The molecule has 2 heterocycles. The minimum absolute atomic E-state index is 0.283. The minimum Gasteiger partial charge on any atom is -0.497 e. The summed E-state index contributed by atoms with van der Waals surface area (Å²) in [5.41, 5.74) is 1.36. The van der Waals surface area contributed by atoms with Gasteiger partial charge in [-0.05, 0) is 48.6 Å². The molecule has 4 heteroatoms. The Morgan fingerprint density at radius 1 is 1.21 bits per heavy atom. The first-order valence-electron chi connectivity index (χ1n) is 8.68. The van der Waals surface area contributed by atoms with E-state index in [1.165, 1.54) is 5.56 Å². The predicted octanol–water partition coefficient (Wildman–Crippen LogP) is 2.82. The third kappa shape index (κ3) is 2.70. The number of aromatic nitrogens is 1. The van der Waals surface area contributed by atoms with E-state index in [9.17, 15) is 5.11 Å². The Morgan fingerprint density at radius 3 is 2.75 bits per heavy atom. The molecule has 2 aliphatic rings. The summed E-state index contributed by atoms with van der Waals surface area (Å²) in [7, 11) is 1.69. The zero-order chi connectivity index (χ0) is 16.6. The summed E-state index contributed by atoms with van der Waals surface area (Å²) in [4.78, 5) is 6.90. The predicted molar refractivity (Wildman–Crippen MR) is 92.6 cm³/mol. The number of pyridine rings is 1. The highest BCUT2D eigenvalue weighted by Gasteiger charge is 2.52. The number of methoxy groups -OCH3 is 1. The number of nitrogens with zero attached hydrogens (tertiary/aromatic N) is 2. The number of hydrogen-bond acceptors (Lipinski definition) is 4. The lowest BCUT2D eigenvalue weighted by Gasteiger charge is -2.29. The molecule has 1 saturated carbocycles. The van der Waals surface area contributed by atoms with Crippen molar-refractivity contribution >= 4 is 0 Å².